The highest BCUT2D eigenvalue weighted by Gasteiger charge is 2.31. The molecule has 3 aromatic rings. The SMILES string of the molecule is COc1ccc(OC)c(N(CC(=O)NCc2ccccn2)S(=O)(=O)c2ccc(OC)c(OC)c2)c1. The summed E-state index contributed by atoms with van der Waals surface area (Å²) in [4.78, 5) is 17.0. The molecule has 0 unspecified atom stereocenters. The third-order valence-electron chi connectivity index (χ3n) is 5.08. The molecule has 0 aliphatic carbocycles. The first-order valence-corrected chi connectivity index (χ1v) is 11.9. The number of sulfonamides is 1. The van der Waals surface area contributed by atoms with Gasteiger partial charge in [0.05, 0.1) is 51.3 Å². The monoisotopic (exact) mass is 501 g/mol. The molecular weight excluding hydrogens is 474 g/mol. The van der Waals surface area contributed by atoms with Gasteiger partial charge in [-0.1, -0.05) is 6.07 Å². The van der Waals surface area contributed by atoms with E-state index in [-0.39, 0.29) is 28.6 Å². The molecule has 0 radical (unpaired) electrons. The molecule has 0 saturated heterocycles. The summed E-state index contributed by atoms with van der Waals surface area (Å²) in [5, 5.41) is 2.71. The van der Waals surface area contributed by atoms with Crippen molar-refractivity contribution in [2.75, 3.05) is 39.3 Å². The maximum atomic E-state index is 13.8. The molecule has 0 aliphatic heterocycles. The molecule has 35 heavy (non-hydrogen) atoms. The number of hydrogen-bond acceptors (Lipinski definition) is 8. The van der Waals surface area contributed by atoms with E-state index in [1.807, 2.05) is 0 Å². The van der Waals surface area contributed by atoms with Gasteiger partial charge in [-0.05, 0) is 36.4 Å². The van der Waals surface area contributed by atoms with Crippen molar-refractivity contribution in [1.29, 1.82) is 0 Å². The molecule has 0 bridgehead atoms. The Bertz CT molecular complexity index is 1270. The maximum Gasteiger partial charge on any atom is 0.265 e. The number of carbonyl (C=O) groups is 1. The highest BCUT2D eigenvalue weighted by Crippen LogP contribution is 2.37. The van der Waals surface area contributed by atoms with E-state index in [2.05, 4.69) is 10.3 Å². The summed E-state index contributed by atoms with van der Waals surface area (Å²) in [5.74, 6) is 0.690. The van der Waals surface area contributed by atoms with Gasteiger partial charge in [0.2, 0.25) is 5.91 Å². The van der Waals surface area contributed by atoms with Gasteiger partial charge in [-0.3, -0.25) is 14.1 Å². The number of aromatic nitrogens is 1. The molecule has 0 saturated carbocycles. The van der Waals surface area contributed by atoms with Crippen molar-refractivity contribution in [3.05, 3.63) is 66.5 Å². The van der Waals surface area contributed by atoms with Crippen LogP contribution < -0.4 is 28.6 Å². The number of nitrogens with zero attached hydrogens (tertiary/aromatic N) is 2. The summed E-state index contributed by atoms with van der Waals surface area (Å²) >= 11 is 0. The summed E-state index contributed by atoms with van der Waals surface area (Å²) in [5.41, 5.74) is 0.767. The van der Waals surface area contributed by atoms with Crippen LogP contribution in [0.3, 0.4) is 0 Å². The van der Waals surface area contributed by atoms with Gasteiger partial charge in [0, 0.05) is 18.3 Å². The highest BCUT2D eigenvalue weighted by molar-refractivity contribution is 7.92. The van der Waals surface area contributed by atoms with E-state index >= 15 is 0 Å². The van der Waals surface area contributed by atoms with E-state index in [0.29, 0.717) is 17.2 Å². The van der Waals surface area contributed by atoms with Crippen molar-refractivity contribution in [3.63, 3.8) is 0 Å². The zero-order valence-electron chi connectivity index (χ0n) is 19.8. The van der Waals surface area contributed by atoms with Gasteiger partial charge in [-0.15, -0.1) is 0 Å². The lowest BCUT2D eigenvalue weighted by Crippen LogP contribution is -2.41. The summed E-state index contributed by atoms with van der Waals surface area (Å²) < 4.78 is 49.8. The molecule has 0 fully saturated rings. The van der Waals surface area contributed by atoms with Crippen LogP contribution in [0.1, 0.15) is 5.69 Å². The Morgan fingerprint density at radius 3 is 2.23 bits per heavy atom. The van der Waals surface area contributed by atoms with E-state index in [9.17, 15) is 13.2 Å². The lowest BCUT2D eigenvalue weighted by atomic mass is 10.2. The molecule has 1 N–H and O–H groups in total. The van der Waals surface area contributed by atoms with E-state index in [1.54, 1.807) is 36.5 Å². The molecule has 186 valence electrons. The van der Waals surface area contributed by atoms with Gasteiger partial charge in [-0.25, -0.2) is 8.42 Å². The number of nitrogens with one attached hydrogen (secondary N) is 1. The summed E-state index contributed by atoms with van der Waals surface area (Å²) in [7, 11) is 1.46. The number of anilines is 1. The number of amides is 1. The van der Waals surface area contributed by atoms with Crippen LogP contribution in [0.4, 0.5) is 5.69 Å². The predicted molar refractivity (Wildman–Crippen MR) is 130 cm³/mol. The van der Waals surface area contributed by atoms with E-state index in [0.717, 1.165) is 4.31 Å². The number of carbonyl (C=O) groups excluding carboxylic acids is 1. The molecule has 0 aliphatic rings. The first-order chi connectivity index (χ1) is 16.8. The fourth-order valence-electron chi connectivity index (χ4n) is 3.27. The minimum atomic E-state index is -4.26. The summed E-state index contributed by atoms with van der Waals surface area (Å²) in [6, 6.07) is 14.2. The van der Waals surface area contributed by atoms with Crippen LogP contribution in [-0.4, -0.2) is 54.3 Å². The number of ether oxygens (including phenoxy) is 4. The van der Waals surface area contributed by atoms with Crippen LogP contribution in [0.15, 0.2) is 65.7 Å². The molecular formula is C24H27N3O7S. The highest BCUT2D eigenvalue weighted by atomic mass is 32.2. The first kappa shape index (κ1) is 25.6. The zero-order chi connectivity index (χ0) is 25.4. The average Bonchev–Trinajstić information content (AvgIpc) is 2.90. The Morgan fingerprint density at radius 1 is 0.886 bits per heavy atom. The summed E-state index contributed by atoms with van der Waals surface area (Å²) in [6.45, 7) is -0.383. The number of hydrogen-bond donors (Lipinski definition) is 1. The fraction of sp³-hybridized carbons (Fsp3) is 0.250. The number of pyridine rings is 1. The second-order valence-corrected chi connectivity index (χ2v) is 9.03. The predicted octanol–water partition coefficient (Wildman–Crippen LogP) is 2.63. The standard InChI is InChI=1S/C24H27N3O7S/c1-31-18-8-10-21(32-2)20(13-18)27(16-24(28)26-15-17-7-5-6-12-25-17)35(29,30)19-9-11-22(33-3)23(14-19)34-4/h5-14H,15-16H2,1-4H3,(H,26,28). The van der Waals surface area contributed by atoms with E-state index < -0.39 is 22.5 Å². The van der Waals surface area contributed by atoms with Crippen LogP contribution in [0.5, 0.6) is 23.0 Å². The Morgan fingerprint density at radius 2 is 1.60 bits per heavy atom. The van der Waals surface area contributed by atoms with E-state index in [1.165, 1.54) is 52.7 Å². The van der Waals surface area contributed by atoms with E-state index in [4.69, 9.17) is 18.9 Å². The van der Waals surface area contributed by atoms with Gasteiger partial charge < -0.3 is 24.3 Å². The quantitative estimate of drug-likeness (QED) is 0.426. The van der Waals surface area contributed by atoms with Gasteiger partial charge >= 0.3 is 0 Å². The van der Waals surface area contributed by atoms with Gasteiger partial charge in [-0.2, -0.15) is 0 Å². The first-order valence-electron chi connectivity index (χ1n) is 10.5. The average molecular weight is 502 g/mol. The Labute approximate surface area is 204 Å². The molecule has 3 rings (SSSR count). The molecule has 1 amide bonds. The van der Waals surface area contributed by atoms with Crippen molar-refractivity contribution in [2.45, 2.75) is 11.4 Å². The van der Waals surface area contributed by atoms with Crippen molar-refractivity contribution >= 4 is 21.6 Å². The third-order valence-corrected chi connectivity index (χ3v) is 6.83. The molecule has 1 aromatic heterocycles. The smallest absolute Gasteiger partial charge is 0.265 e. The Balaban J connectivity index is 2.03. The molecule has 0 atom stereocenters. The normalized spacial score (nSPS) is 10.9. The third kappa shape index (κ3) is 5.93. The van der Waals surface area contributed by atoms with Crippen LogP contribution in [0.2, 0.25) is 0 Å². The van der Waals surface area contributed by atoms with Crippen LogP contribution >= 0.6 is 0 Å². The van der Waals surface area contributed by atoms with Crippen molar-refractivity contribution in [1.82, 2.24) is 10.3 Å². The molecule has 10 nitrogen and oxygen atoms in total. The Hall–Kier alpha value is -3.99. The minimum absolute atomic E-state index is 0.0995. The molecule has 0 spiro atoms. The fourth-order valence-corrected chi connectivity index (χ4v) is 4.71. The van der Waals surface area contributed by atoms with Gasteiger partial charge in [0.1, 0.15) is 18.0 Å². The maximum absolute atomic E-state index is 13.8. The topological polar surface area (TPSA) is 116 Å². The van der Waals surface area contributed by atoms with Gasteiger partial charge in [0.15, 0.2) is 11.5 Å². The number of benzene rings is 2. The molecule has 1 heterocycles. The second-order valence-electron chi connectivity index (χ2n) is 7.16. The number of methoxy groups -OCH3 is 4. The van der Waals surface area contributed by atoms with Crippen LogP contribution in [0.25, 0.3) is 0 Å². The van der Waals surface area contributed by atoms with Crippen molar-refractivity contribution in [3.8, 4) is 23.0 Å². The minimum Gasteiger partial charge on any atom is -0.497 e. The second kappa shape index (κ2) is 11.4. The van der Waals surface area contributed by atoms with Crippen LogP contribution in [-0.2, 0) is 21.4 Å². The number of rotatable bonds is 11. The lowest BCUT2D eigenvalue weighted by molar-refractivity contribution is -0.119. The zero-order valence-corrected chi connectivity index (χ0v) is 20.7. The summed E-state index contributed by atoms with van der Waals surface area (Å²) in [6.07, 6.45) is 1.61. The largest absolute Gasteiger partial charge is 0.497 e. The lowest BCUT2D eigenvalue weighted by Gasteiger charge is -2.26. The van der Waals surface area contributed by atoms with Crippen molar-refractivity contribution in [2.24, 2.45) is 0 Å². The van der Waals surface area contributed by atoms with Crippen LogP contribution in [0, 0.1) is 0 Å². The molecule has 2 aromatic carbocycles. The molecule has 11 heteroatoms. The van der Waals surface area contributed by atoms with Crippen molar-refractivity contribution < 1.29 is 32.2 Å². The Kier molecular flexibility index (Phi) is 8.37. The van der Waals surface area contributed by atoms with Gasteiger partial charge in [0.25, 0.3) is 10.0 Å².